The molecule has 0 bridgehead atoms. The highest BCUT2D eigenvalue weighted by Crippen LogP contribution is 2.18. The molecular weight excluding hydrogens is 292 g/mol. The number of hydrogen-bond acceptors (Lipinski definition) is 3. The van der Waals surface area contributed by atoms with Crippen molar-refractivity contribution in [2.75, 3.05) is 17.2 Å². The van der Waals surface area contributed by atoms with Crippen LogP contribution < -0.4 is 15.4 Å². The van der Waals surface area contributed by atoms with Crippen molar-refractivity contribution in [3.63, 3.8) is 0 Å². The highest BCUT2D eigenvalue weighted by Gasteiger charge is 2.06. The van der Waals surface area contributed by atoms with E-state index in [0.29, 0.717) is 11.4 Å². The molecule has 2 amide bonds. The quantitative estimate of drug-likeness (QED) is 0.890. The average Bonchev–Trinajstić information content (AvgIpc) is 2.48. The number of carbonyl (C=O) groups excluding carboxylic acids is 2. The second kappa shape index (κ2) is 7.45. The van der Waals surface area contributed by atoms with Crippen molar-refractivity contribution in [2.45, 2.75) is 20.8 Å². The molecule has 0 aliphatic rings. The lowest BCUT2D eigenvalue weighted by Crippen LogP contribution is -2.20. The van der Waals surface area contributed by atoms with Crippen molar-refractivity contribution >= 4 is 23.2 Å². The number of benzene rings is 2. The van der Waals surface area contributed by atoms with Gasteiger partial charge >= 0.3 is 0 Å². The number of nitrogens with one attached hydrogen (secondary N) is 2. The molecule has 0 spiro atoms. The Morgan fingerprint density at radius 2 is 1.83 bits per heavy atom. The summed E-state index contributed by atoms with van der Waals surface area (Å²) in [6.45, 7) is 5.28. The first-order chi connectivity index (χ1) is 10.9. The third kappa shape index (κ3) is 5.14. The van der Waals surface area contributed by atoms with Gasteiger partial charge in [-0.15, -0.1) is 0 Å². The molecule has 5 nitrogen and oxygen atoms in total. The van der Waals surface area contributed by atoms with Gasteiger partial charge in [0.05, 0.1) is 0 Å². The summed E-state index contributed by atoms with van der Waals surface area (Å²) >= 11 is 0. The van der Waals surface area contributed by atoms with Crippen LogP contribution in [0.2, 0.25) is 0 Å². The van der Waals surface area contributed by atoms with Gasteiger partial charge in [0.25, 0.3) is 5.91 Å². The molecular formula is C18H20N2O3. The normalized spacial score (nSPS) is 10.0. The molecule has 2 N–H and O–H groups in total. The zero-order valence-electron chi connectivity index (χ0n) is 13.5. The van der Waals surface area contributed by atoms with Gasteiger partial charge in [-0.05, 0) is 37.6 Å². The number of rotatable bonds is 5. The van der Waals surface area contributed by atoms with E-state index in [2.05, 4.69) is 10.6 Å². The van der Waals surface area contributed by atoms with E-state index in [1.54, 1.807) is 24.3 Å². The first-order valence-corrected chi connectivity index (χ1v) is 7.31. The predicted octanol–water partition coefficient (Wildman–Crippen LogP) is 3.28. The van der Waals surface area contributed by atoms with Gasteiger partial charge in [0, 0.05) is 24.4 Å². The smallest absolute Gasteiger partial charge is 0.262 e. The van der Waals surface area contributed by atoms with Crippen LogP contribution in [-0.2, 0) is 9.59 Å². The maximum absolute atomic E-state index is 12.0. The summed E-state index contributed by atoms with van der Waals surface area (Å²) in [7, 11) is 0. The van der Waals surface area contributed by atoms with Crippen LogP contribution in [0.15, 0.2) is 42.5 Å². The lowest BCUT2D eigenvalue weighted by atomic mass is 10.1. The van der Waals surface area contributed by atoms with Crippen LogP contribution in [0.4, 0.5) is 11.4 Å². The van der Waals surface area contributed by atoms with Crippen molar-refractivity contribution in [3.05, 3.63) is 53.6 Å². The fourth-order valence-electron chi connectivity index (χ4n) is 2.16. The first-order valence-electron chi connectivity index (χ1n) is 7.31. The van der Waals surface area contributed by atoms with E-state index < -0.39 is 0 Å². The summed E-state index contributed by atoms with van der Waals surface area (Å²) in [5, 5.41) is 5.49. The van der Waals surface area contributed by atoms with E-state index in [0.717, 1.165) is 16.8 Å². The van der Waals surface area contributed by atoms with Gasteiger partial charge < -0.3 is 15.4 Å². The fourth-order valence-corrected chi connectivity index (χ4v) is 2.16. The van der Waals surface area contributed by atoms with E-state index in [1.165, 1.54) is 6.92 Å². The van der Waals surface area contributed by atoms with Gasteiger partial charge in [-0.2, -0.15) is 0 Å². The van der Waals surface area contributed by atoms with Crippen LogP contribution in [0.5, 0.6) is 5.75 Å². The van der Waals surface area contributed by atoms with Gasteiger partial charge in [0.1, 0.15) is 5.75 Å². The van der Waals surface area contributed by atoms with E-state index >= 15 is 0 Å². The molecule has 5 heteroatoms. The van der Waals surface area contributed by atoms with Crippen molar-refractivity contribution in [1.82, 2.24) is 0 Å². The van der Waals surface area contributed by atoms with Gasteiger partial charge in [-0.1, -0.05) is 23.8 Å². The number of anilines is 2. The fraction of sp³-hybridized carbons (Fsp3) is 0.222. The molecule has 2 aromatic rings. The second-order valence-corrected chi connectivity index (χ2v) is 5.36. The molecule has 0 aromatic heterocycles. The summed E-state index contributed by atoms with van der Waals surface area (Å²) < 4.78 is 5.46. The Morgan fingerprint density at radius 1 is 1.04 bits per heavy atom. The lowest BCUT2D eigenvalue weighted by molar-refractivity contribution is -0.118. The number of amides is 2. The minimum Gasteiger partial charge on any atom is -0.484 e. The monoisotopic (exact) mass is 312 g/mol. The molecule has 0 aliphatic carbocycles. The van der Waals surface area contributed by atoms with E-state index in [4.69, 9.17) is 4.74 Å². The largest absolute Gasteiger partial charge is 0.484 e. The molecule has 0 radical (unpaired) electrons. The van der Waals surface area contributed by atoms with Gasteiger partial charge in [-0.3, -0.25) is 9.59 Å². The van der Waals surface area contributed by atoms with Gasteiger partial charge in [0.15, 0.2) is 6.61 Å². The predicted molar refractivity (Wildman–Crippen MR) is 90.8 cm³/mol. The Bertz CT molecular complexity index is 726. The Morgan fingerprint density at radius 3 is 2.52 bits per heavy atom. The molecule has 0 aliphatic heterocycles. The minimum atomic E-state index is -0.234. The van der Waals surface area contributed by atoms with Gasteiger partial charge in [-0.25, -0.2) is 0 Å². The maximum Gasteiger partial charge on any atom is 0.262 e. The maximum atomic E-state index is 12.0. The van der Waals surface area contributed by atoms with Crippen molar-refractivity contribution in [2.24, 2.45) is 0 Å². The van der Waals surface area contributed by atoms with E-state index in [-0.39, 0.29) is 18.4 Å². The molecule has 120 valence electrons. The van der Waals surface area contributed by atoms with Crippen LogP contribution in [0, 0.1) is 13.8 Å². The first kappa shape index (κ1) is 16.5. The highest BCUT2D eigenvalue weighted by atomic mass is 16.5. The third-order valence-corrected chi connectivity index (χ3v) is 3.18. The van der Waals surface area contributed by atoms with Crippen LogP contribution in [-0.4, -0.2) is 18.4 Å². The summed E-state index contributed by atoms with van der Waals surface area (Å²) in [5.74, 6) is 0.128. The molecule has 0 saturated carbocycles. The summed E-state index contributed by atoms with van der Waals surface area (Å²) in [6, 6.07) is 12.7. The van der Waals surface area contributed by atoms with Crippen LogP contribution in [0.25, 0.3) is 0 Å². The SMILES string of the molecule is CC(=O)Nc1cccc(OCC(=O)Nc2ccc(C)cc2C)c1. The topological polar surface area (TPSA) is 67.4 Å². The van der Waals surface area contributed by atoms with Crippen molar-refractivity contribution in [1.29, 1.82) is 0 Å². The molecule has 0 heterocycles. The zero-order chi connectivity index (χ0) is 16.8. The Balaban J connectivity index is 1.92. The average molecular weight is 312 g/mol. The number of aryl methyl sites for hydroxylation is 2. The highest BCUT2D eigenvalue weighted by molar-refractivity contribution is 5.92. The van der Waals surface area contributed by atoms with Crippen LogP contribution in [0.3, 0.4) is 0 Å². The number of ether oxygens (including phenoxy) is 1. The molecule has 23 heavy (non-hydrogen) atoms. The summed E-state index contributed by atoms with van der Waals surface area (Å²) in [4.78, 5) is 23.0. The summed E-state index contributed by atoms with van der Waals surface area (Å²) in [5.41, 5.74) is 3.55. The zero-order valence-corrected chi connectivity index (χ0v) is 13.5. The molecule has 0 fully saturated rings. The number of hydrogen-bond donors (Lipinski definition) is 2. The number of carbonyl (C=O) groups is 2. The second-order valence-electron chi connectivity index (χ2n) is 5.36. The van der Waals surface area contributed by atoms with E-state index in [9.17, 15) is 9.59 Å². The minimum absolute atomic E-state index is 0.100. The van der Waals surface area contributed by atoms with E-state index in [1.807, 2.05) is 32.0 Å². The van der Waals surface area contributed by atoms with Crippen molar-refractivity contribution < 1.29 is 14.3 Å². The Labute approximate surface area is 135 Å². The molecule has 2 aromatic carbocycles. The molecule has 0 saturated heterocycles. The standard InChI is InChI=1S/C18H20N2O3/c1-12-7-8-17(13(2)9-12)20-18(22)11-23-16-6-4-5-15(10-16)19-14(3)21/h4-10H,11H2,1-3H3,(H,19,21)(H,20,22). The van der Waals surface area contributed by atoms with Gasteiger partial charge in [0.2, 0.25) is 5.91 Å². The molecule has 0 unspecified atom stereocenters. The molecule has 0 atom stereocenters. The Hall–Kier alpha value is -2.82. The van der Waals surface area contributed by atoms with Crippen LogP contribution in [0.1, 0.15) is 18.1 Å². The summed E-state index contributed by atoms with van der Waals surface area (Å²) in [6.07, 6.45) is 0. The molecule has 2 rings (SSSR count). The van der Waals surface area contributed by atoms with Crippen LogP contribution >= 0.6 is 0 Å². The van der Waals surface area contributed by atoms with Crippen molar-refractivity contribution in [3.8, 4) is 5.75 Å². The third-order valence-electron chi connectivity index (χ3n) is 3.18. The Kier molecular flexibility index (Phi) is 5.36. The lowest BCUT2D eigenvalue weighted by Gasteiger charge is -2.11.